The largest absolute Gasteiger partial charge is 0.480 e. The van der Waals surface area contributed by atoms with Gasteiger partial charge in [0.1, 0.15) is 6.04 Å². The summed E-state index contributed by atoms with van der Waals surface area (Å²) in [6.45, 7) is 5.40. The second kappa shape index (κ2) is 4.72. The van der Waals surface area contributed by atoms with Crippen LogP contribution in [0.25, 0.3) is 0 Å². The highest BCUT2D eigenvalue weighted by Gasteiger charge is 2.38. The first-order chi connectivity index (χ1) is 7.59. The van der Waals surface area contributed by atoms with E-state index in [0.29, 0.717) is 12.0 Å². The third kappa shape index (κ3) is 2.23. The number of piperidine rings is 1. The van der Waals surface area contributed by atoms with Crippen LogP contribution in [0.4, 0.5) is 0 Å². The molecule has 2 aliphatic rings. The van der Waals surface area contributed by atoms with Gasteiger partial charge in [-0.3, -0.25) is 9.69 Å². The fraction of sp³-hybridized carbons (Fsp3) is 0.917. The van der Waals surface area contributed by atoms with Gasteiger partial charge in [0, 0.05) is 12.6 Å². The lowest BCUT2D eigenvalue weighted by Crippen LogP contribution is -2.52. The molecule has 0 aliphatic carbocycles. The van der Waals surface area contributed by atoms with Crippen LogP contribution in [0.2, 0.25) is 0 Å². The van der Waals surface area contributed by atoms with E-state index in [-0.39, 0.29) is 6.04 Å². The summed E-state index contributed by atoms with van der Waals surface area (Å²) in [5.74, 6) is -0.0534. The van der Waals surface area contributed by atoms with Gasteiger partial charge in [-0.25, -0.2) is 0 Å². The van der Waals surface area contributed by atoms with Crippen molar-refractivity contribution >= 4 is 5.97 Å². The zero-order valence-corrected chi connectivity index (χ0v) is 10.2. The Kier molecular flexibility index (Phi) is 3.50. The van der Waals surface area contributed by atoms with Crippen molar-refractivity contribution in [3.05, 3.63) is 0 Å². The predicted octanol–water partition coefficient (Wildman–Crippen LogP) is 0.876. The molecule has 0 aromatic rings. The molecule has 4 nitrogen and oxygen atoms in total. The number of carbonyl (C=O) groups is 1. The Morgan fingerprint density at radius 2 is 2.06 bits per heavy atom. The Bertz CT molecular complexity index is 270. The Morgan fingerprint density at radius 1 is 1.31 bits per heavy atom. The van der Waals surface area contributed by atoms with E-state index in [4.69, 9.17) is 0 Å². The van der Waals surface area contributed by atoms with Gasteiger partial charge in [-0.15, -0.1) is 0 Å². The average molecular weight is 226 g/mol. The number of aliphatic carboxylic acids is 1. The molecule has 4 heteroatoms. The van der Waals surface area contributed by atoms with Gasteiger partial charge < -0.3 is 10.0 Å². The summed E-state index contributed by atoms with van der Waals surface area (Å²) in [5, 5.41) is 9.20. The fourth-order valence-electron chi connectivity index (χ4n) is 3.29. The van der Waals surface area contributed by atoms with Crippen LogP contribution in [0, 0.1) is 5.92 Å². The van der Waals surface area contributed by atoms with Crippen LogP contribution >= 0.6 is 0 Å². The summed E-state index contributed by atoms with van der Waals surface area (Å²) in [6.07, 6.45) is 2.98. The number of hydrogen-bond acceptors (Lipinski definition) is 3. The number of carboxylic acid groups (broad SMARTS) is 1. The highest BCUT2D eigenvalue weighted by Crippen LogP contribution is 2.28. The lowest BCUT2D eigenvalue weighted by molar-refractivity contribution is -0.143. The molecular formula is C12H22N2O2. The lowest BCUT2D eigenvalue weighted by Gasteiger charge is -2.41. The smallest absolute Gasteiger partial charge is 0.320 e. The Morgan fingerprint density at radius 3 is 2.69 bits per heavy atom. The summed E-state index contributed by atoms with van der Waals surface area (Å²) in [4.78, 5) is 15.7. The molecule has 0 aromatic heterocycles. The topological polar surface area (TPSA) is 43.8 Å². The summed E-state index contributed by atoms with van der Waals surface area (Å²) in [6, 6.07) is 0.246. The molecule has 0 bridgehead atoms. The number of rotatable bonds is 2. The SMILES string of the molecule is C[C@@H]1CN(C)CC[C@H]1N1CCC[C@H]1C(=O)O. The molecule has 92 valence electrons. The summed E-state index contributed by atoms with van der Waals surface area (Å²) >= 11 is 0. The maximum atomic E-state index is 11.2. The first-order valence-electron chi connectivity index (χ1n) is 6.26. The molecule has 1 N–H and O–H groups in total. The lowest BCUT2D eigenvalue weighted by atomic mass is 9.92. The molecule has 2 heterocycles. The molecule has 2 rings (SSSR count). The highest BCUT2D eigenvalue weighted by atomic mass is 16.4. The van der Waals surface area contributed by atoms with Crippen LogP contribution in [0.1, 0.15) is 26.2 Å². The van der Waals surface area contributed by atoms with Gasteiger partial charge in [0.05, 0.1) is 0 Å². The van der Waals surface area contributed by atoms with Gasteiger partial charge >= 0.3 is 5.97 Å². The molecule has 0 saturated carbocycles. The van der Waals surface area contributed by atoms with Crippen molar-refractivity contribution in [2.45, 2.75) is 38.3 Å². The predicted molar refractivity (Wildman–Crippen MR) is 62.4 cm³/mol. The normalized spacial score (nSPS) is 37.8. The average Bonchev–Trinajstić information content (AvgIpc) is 2.66. The minimum atomic E-state index is -0.636. The maximum Gasteiger partial charge on any atom is 0.320 e. The van der Waals surface area contributed by atoms with Crippen molar-refractivity contribution in [2.24, 2.45) is 5.92 Å². The summed E-state index contributed by atoms with van der Waals surface area (Å²) in [7, 11) is 2.14. The molecule has 0 amide bonds. The van der Waals surface area contributed by atoms with Crippen LogP contribution in [0.5, 0.6) is 0 Å². The van der Waals surface area contributed by atoms with E-state index in [1.54, 1.807) is 0 Å². The highest BCUT2D eigenvalue weighted by molar-refractivity contribution is 5.73. The molecule has 2 aliphatic heterocycles. The van der Waals surface area contributed by atoms with Crippen LogP contribution < -0.4 is 0 Å². The van der Waals surface area contributed by atoms with Crippen LogP contribution in [0.15, 0.2) is 0 Å². The monoisotopic (exact) mass is 226 g/mol. The van der Waals surface area contributed by atoms with Crippen molar-refractivity contribution in [2.75, 3.05) is 26.7 Å². The van der Waals surface area contributed by atoms with E-state index in [1.165, 1.54) is 0 Å². The van der Waals surface area contributed by atoms with Gasteiger partial charge in [0.25, 0.3) is 0 Å². The van der Waals surface area contributed by atoms with Gasteiger partial charge in [-0.2, -0.15) is 0 Å². The van der Waals surface area contributed by atoms with E-state index in [2.05, 4.69) is 23.8 Å². The number of nitrogens with zero attached hydrogens (tertiary/aromatic N) is 2. The van der Waals surface area contributed by atoms with Gasteiger partial charge in [-0.1, -0.05) is 6.92 Å². The second-order valence-corrected chi connectivity index (χ2v) is 5.33. The zero-order chi connectivity index (χ0) is 11.7. The van der Waals surface area contributed by atoms with Crippen molar-refractivity contribution in [3.8, 4) is 0 Å². The number of hydrogen-bond donors (Lipinski definition) is 1. The first-order valence-corrected chi connectivity index (χ1v) is 6.26. The molecule has 2 fully saturated rings. The van der Waals surface area contributed by atoms with Gasteiger partial charge in [0.2, 0.25) is 0 Å². The third-order valence-electron chi connectivity index (χ3n) is 4.07. The molecular weight excluding hydrogens is 204 g/mol. The minimum absolute atomic E-state index is 0.226. The van der Waals surface area contributed by atoms with E-state index in [9.17, 15) is 9.90 Å². The molecule has 3 atom stereocenters. The molecule has 2 saturated heterocycles. The summed E-state index contributed by atoms with van der Waals surface area (Å²) < 4.78 is 0. The number of likely N-dealkylation sites (tertiary alicyclic amines) is 2. The minimum Gasteiger partial charge on any atom is -0.480 e. The molecule has 16 heavy (non-hydrogen) atoms. The molecule has 0 aromatic carbocycles. The Labute approximate surface area is 97.2 Å². The van der Waals surface area contributed by atoms with Crippen molar-refractivity contribution < 1.29 is 9.90 Å². The maximum absolute atomic E-state index is 11.2. The first kappa shape index (κ1) is 11.9. The Balaban J connectivity index is 2.03. The van der Waals surface area contributed by atoms with Crippen LogP contribution in [0.3, 0.4) is 0 Å². The third-order valence-corrected chi connectivity index (χ3v) is 4.07. The van der Waals surface area contributed by atoms with E-state index >= 15 is 0 Å². The Hall–Kier alpha value is -0.610. The van der Waals surface area contributed by atoms with Crippen LogP contribution in [-0.4, -0.2) is 59.6 Å². The number of carboxylic acids is 1. The molecule has 0 unspecified atom stereocenters. The van der Waals surface area contributed by atoms with Gasteiger partial charge in [-0.05, 0) is 45.3 Å². The van der Waals surface area contributed by atoms with E-state index in [0.717, 1.165) is 38.9 Å². The van der Waals surface area contributed by atoms with Crippen molar-refractivity contribution in [1.82, 2.24) is 9.80 Å². The standard InChI is InChI=1S/C12H22N2O2/c1-9-8-13(2)7-5-10(9)14-6-3-4-11(14)12(15)16/h9-11H,3-8H2,1-2H3,(H,15,16)/t9-,10-,11+/m1/s1. The van der Waals surface area contributed by atoms with Crippen LogP contribution in [-0.2, 0) is 4.79 Å². The quantitative estimate of drug-likeness (QED) is 0.759. The molecule has 0 spiro atoms. The zero-order valence-electron chi connectivity index (χ0n) is 10.2. The summed E-state index contributed by atoms with van der Waals surface area (Å²) in [5.41, 5.74) is 0. The molecule has 0 radical (unpaired) electrons. The van der Waals surface area contributed by atoms with Gasteiger partial charge in [0.15, 0.2) is 0 Å². The van der Waals surface area contributed by atoms with Crippen molar-refractivity contribution in [1.29, 1.82) is 0 Å². The fourth-order valence-corrected chi connectivity index (χ4v) is 3.29. The van der Waals surface area contributed by atoms with E-state index < -0.39 is 5.97 Å². The van der Waals surface area contributed by atoms with Crippen molar-refractivity contribution in [3.63, 3.8) is 0 Å². The second-order valence-electron chi connectivity index (χ2n) is 5.33. The van der Waals surface area contributed by atoms with E-state index in [1.807, 2.05) is 0 Å².